The maximum absolute atomic E-state index is 13.2. The number of rotatable bonds is 7. The summed E-state index contributed by atoms with van der Waals surface area (Å²) in [5.41, 5.74) is 4.92. The Bertz CT molecular complexity index is 1480. The molecule has 0 heterocycles. The summed E-state index contributed by atoms with van der Waals surface area (Å²) in [7, 11) is -1.94. The third-order valence-electron chi connectivity index (χ3n) is 6.86. The van der Waals surface area contributed by atoms with Gasteiger partial charge in [-0.2, -0.15) is 0 Å². The van der Waals surface area contributed by atoms with E-state index in [1.807, 2.05) is 51.1 Å². The number of methoxy groups -OCH3 is 1. The predicted octanol–water partition coefficient (Wildman–Crippen LogP) is 7.57. The highest BCUT2D eigenvalue weighted by atomic mass is 32.2. The fraction of sp³-hybridized carbons (Fsp3) is 0.226. The summed E-state index contributed by atoms with van der Waals surface area (Å²) in [5.74, 6) is 2.15. The third-order valence-corrected chi connectivity index (χ3v) is 8.61. The van der Waals surface area contributed by atoms with E-state index in [1.165, 1.54) is 5.56 Å². The molecular weight excluding hydrogens is 468 g/mol. The van der Waals surface area contributed by atoms with Gasteiger partial charge in [-0.1, -0.05) is 44.2 Å². The van der Waals surface area contributed by atoms with Crippen LogP contribution in [0.25, 0.3) is 0 Å². The number of aryl methyl sites for hydroxylation is 3. The molecule has 4 aromatic carbocycles. The van der Waals surface area contributed by atoms with Crippen molar-refractivity contribution in [3.8, 4) is 17.2 Å². The fourth-order valence-corrected chi connectivity index (χ4v) is 5.59. The molecule has 0 spiro atoms. The molecular formula is C31H32O4S. The number of benzene rings is 4. The van der Waals surface area contributed by atoms with E-state index in [1.54, 1.807) is 37.4 Å². The molecule has 0 amide bonds. The van der Waals surface area contributed by atoms with E-state index in [4.69, 9.17) is 9.47 Å². The van der Waals surface area contributed by atoms with E-state index in [0.717, 1.165) is 28.0 Å². The summed E-state index contributed by atoms with van der Waals surface area (Å²) in [5, 5.41) is 0. The molecule has 4 rings (SSSR count). The van der Waals surface area contributed by atoms with Crippen molar-refractivity contribution in [1.82, 2.24) is 0 Å². The molecule has 0 aliphatic heterocycles. The van der Waals surface area contributed by atoms with Crippen LogP contribution in [0.3, 0.4) is 0 Å². The van der Waals surface area contributed by atoms with Crippen molar-refractivity contribution >= 4 is 9.84 Å². The molecule has 0 aromatic heterocycles. The lowest BCUT2D eigenvalue weighted by atomic mass is 9.78. The Balaban J connectivity index is 1.54. The minimum absolute atomic E-state index is 0.189. The lowest BCUT2D eigenvalue weighted by Crippen LogP contribution is -2.18. The lowest BCUT2D eigenvalue weighted by Gasteiger charge is -2.26. The van der Waals surface area contributed by atoms with Gasteiger partial charge in [-0.25, -0.2) is 8.42 Å². The average molecular weight is 501 g/mol. The third kappa shape index (κ3) is 5.02. The zero-order valence-corrected chi connectivity index (χ0v) is 22.4. The van der Waals surface area contributed by atoms with E-state index >= 15 is 0 Å². The molecule has 4 nitrogen and oxygen atoms in total. The van der Waals surface area contributed by atoms with Gasteiger partial charge in [-0.15, -0.1) is 0 Å². The van der Waals surface area contributed by atoms with Crippen molar-refractivity contribution < 1.29 is 17.9 Å². The van der Waals surface area contributed by atoms with Crippen molar-refractivity contribution in [2.45, 2.75) is 49.8 Å². The number of ether oxygens (including phenoxy) is 2. The van der Waals surface area contributed by atoms with Crippen LogP contribution >= 0.6 is 0 Å². The van der Waals surface area contributed by atoms with Crippen LogP contribution in [0.15, 0.2) is 94.7 Å². The summed E-state index contributed by atoms with van der Waals surface area (Å²) in [6.07, 6.45) is 0. The second-order valence-corrected chi connectivity index (χ2v) is 11.6. The van der Waals surface area contributed by atoms with Gasteiger partial charge in [0, 0.05) is 5.41 Å². The first-order valence-corrected chi connectivity index (χ1v) is 13.4. The maximum Gasteiger partial charge on any atom is 0.206 e. The van der Waals surface area contributed by atoms with Crippen LogP contribution in [0, 0.1) is 20.8 Å². The molecule has 0 saturated heterocycles. The van der Waals surface area contributed by atoms with Gasteiger partial charge in [0.15, 0.2) is 0 Å². The highest BCUT2D eigenvalue weighted by molar-refractivity contribution is 7.91. The van der Waals surface area contributed by atoms with Crippen molar-refractivity contribution in [3.05, 3.63) is 113 Å². The predicted molar refractivity (Wildman–Crippen MR) is 144 cm³/mol. The van der Waals surface area contributed by atoms with Gasteiger partial charge in [0.05, 0.1) is 16.9 Å². The van der Waals surface area contributed by atoms with Crippen LogP contribution in [0.2, 0.25) is 0 Å². The van der Waals surface area contributed by atoms with Crippen LogP contribution in [-0.4, -0.2) is 15.5 Å². The SMILES string of the molecule is COc1ccc(C(C)(C)c2ccc(Oc3ccc(S(=O)(=O)c4ccc(C)c(C)c4)cc3C)cc2)cc1. The summed E-state index contributed by atoms with van der Waals surface area (Å²) in [6, 6.07) is 26.3. The molecule has 0 atom stereocenters. The standard InChI is InChI=1S/C31H32O4S/c1-21-7-16-28(19-22(21)2)36(32,33)29-17-18-30(23(3)20-29)35-27-14-10-25(11-15-27)31(4,5)24-8-12-26(34-6)13-9-24/h7-20H,1-6H3. The van der Waals surface area contributed by atoms with Gasteiger partial charge >= 0.3 is 0 Å². The monoisotopic (exact) mass is 500 g/mol. The molecule has 0 fully saturated rings. The Kier molecular flexibility index (Phi) is 6.96. The molecule has 0 saturated carbocycles. The van der Waals surface area contributed by atoms with Crippen LogP contribution in [0.5, 0.6) is 17.2 Å². The Morgan fingerprint density at radius 2 is 1.11 bits per heavy atom. The van der Waals surface area contributed by atoms with Crippen LogP contribution < -0.4 is 9.47 Å². The molecule has 186 valence electrons. The van der Waals surface area contributed by atoms with Gasteiger partial charge in [0.1, 0.15) is 17.2 Å². The van der Waals surface area contributed by atoms with Gasteiger partial charge in [-0.3, -0.25) is 0 Å². The van der Waals surface area contributed by atoms with Gasteiger partial charge in [0.25, 0.3) is 0 Å². The molecule has 0 aliphatic carbocycles. The molecule has 0 N–H and O–H groups in total. The molecule has 36 heavy (non-hydrogen) atoms. The Labute approximate surface area is 214 Å². The molecule has 0 radical (unpaired) electrons. The van der Waals surface area contributed by atoms with Crippen molar-refractivity contribution in [2.24, 2.45) is 0 Å². The summed E-state index contributed by atoms with van der Waals surface area (Å²) < 4.78 is 37.7. The van der Waals surface area contributed by atoms with E-state index < -0.39 is 9.84 Å². The van der Waals surface area contributed by atoms with Gasteiger partial charge < -0.3 is 9.47 Å². The number of hydrogen-bond acceptors (Lipinski definition) is 4. The van der Waals surface area contributed by atoms with Crippen molar-refractivity contribution in [3.63, 3.8) is 0 Å². The molecule has 0 unspecified atom stereocenters. The van der Waals surface area contributed by atoms with Gasteiger partial charge in [0.2, 0.25) is 9.84 Å². The summed E-state index contributed by atoms with van der Waals surface area (Å²) >= 11 is 0. The average Bonchev–Trinajstić information content (AvgIpc) is 2.87. The van der Waals surface area contributed by atoms with E-state index in [2.05, 4.69) is 38.1 Å². The van der Waals surface area contributed by atoms with E-state index in [-0.39, 0.29) is 10.3 Å². The second kappa shape index (κ2) is 9.82. The Morgan fingerprint density at radius 3 is 1.61 bits per heavy atom. The lowest BCUT2D eigenvalue weighted by molar-refractivity contribution is 0.414. The molecule has 5 heteroatoms. The largest absolute Gasteiger partial charge is 0.497 e. The minimum Gasteiger partial charge on any atom is -0.497 e. The highest BCUT2D eigenvalue weighted by Crippen LogP contribution is 2.35. The summed E-state index contributed by atoms with van der Waals surface area (Å²) in [6.45, 7) is 10.1. The van der Waals surface area contributed by atoms with Crippen LogP contribution in [0.1, 0.15) is 41.7 Å². The number of hydrogen-bond donors (Lipinski definition) is 0. The van der Waals surface area contributed by atoms with Gasteiger partial charge in [-0.05, 0) is 103 Å². The quantitative estimate of drug-likeness (QED) is 0.263. The second-order valence-electron chi connectivity index (χ2n) is 9.66. The van der Waals surface area contributed by atoms with Crippen LogP contribution in [0.4, 0.5) is 0 Å². The smallest absolute Gasteiger partial charge is 0.206 e. The van der Waals surface area contributed by atoms with E-state index in [9.17, 15) is 8.42 Å². The minimum atomic E-state index is -3.61. The first kappa shape index (κ1) is 25.5. The molecule has 0 aliphatic rings. The fourth-order valence-electron chi connectivity index (χ4n) is 4.16. The zero-order chi connectivity index (χ0) is 26.1. The first-order valence-electron chi connectivity index (χ1n) is 11.9. The molecule has 0 bridgehead atoms. The Morgan fingerprint density at radius 1 is 0.611 bits per heavy atom. The highest BCUT2D eigenvalue weighted by Gasteiger charge is 2.23. The van der Waals surface area contributed by atoms with E-state index in [0.29, 0.717) is 16.4 Å². The maximum atomic E-state index is 13.2. The zero-order valence-electron chi connectivity index (χ0n) is 21.6. The molecule has 4 aromatic rings. The topological polar surface area (TPSA) is 52.6 Å². The normalized spacial score (nSPS) is 11.8. The van der Waals surface area contributed by atoms with Crippen molar-refractivity contribution in [1.29, 1.82) is 0 Å². The summed E-state index contributed by atoms with van der Waals surface area (Å²) in [4.78, 5) is 0.556. The Hall–Kier alpha value is -3.57. The first-order chi connectivity index (χ1) is 17.0. The van der Waals surface area contributed by atoms with Crippen molar-refractivity contribution in [2.75, 3.05) is 7.11 Å². The number of sulfone groups is 1. The van der Waals surface area contributed by atoms with Crippen LogP contribution in [-0.2, 0) is 15.3 Å².